The van der Waals surface area contributed by atoms with Crippen LogP contribution in [0.5, 0.6) is 0 Å². The largest absolute Gasteiger partial charge is 0.354 e. The summed E-state index contributed by atoms with van der Waals surface area (Å²) in [5.41, 5.74) is 0. The standard InChI is InChI=1S/C16H30N2O2/c1-11(2)15(19)17-10-14(18-16(20)12(3)4)13-8-6-5-7-9-13/h11-14H,5-10H2,1-4H3,(H,17,19)(H,18,20)/t14-/m1/s1. The second-order valence-electron chi connectivity index (χ2n) is 6.57. The molecule has 20 heavy (non-hydrogen) atoms. The SMILES string of the molecule is CC(C)C(=O)NC[C@@H](NC(=O)C(C)C)C1CCCCC1. The maximum Gasteiger partial charge on any atom is 0.222 e. The van der Waals surface area contributed by atoms with Crippen LogP contribution in [0.1, 0.15) is 59.8 Å². The molecule has 0 unspecified atom stereocenters. The van der Waals surface area contributed by atoms with Gasteiger partial charge in [0.2, 0.25) is 11.8 Å². The van der Waals surface area contributed by atoms with Crippen LogP contribution in [0, 0.1) is 17.8 Å². The van der Waals surface area contributed by atoms with E-state index in [1.54, 1.807) is 0 Å². The first-order valence-corrected chi connectivity index (χ1v) is 8.00. The van der Waals surface area contributed by atoms with Gasteiger partial charge in [0.15, 0.2) is 0 Å². The summed E-state index contributed by atoms with van der Waals surface area (Å²) in [5, 5.41) is 6.10. The summed E-state index contributed by atoms with van der Waals surface area (Å²) >= 11 is 0. The lowest BCUT2D eigenvalue weighted by Gasteiger charge is -2.31. The summed E-state index contributed by atoms with van der Waals surface area (Å²) in [6, 6.07) is 0.0768. The monoisotopic (exact) mass is 282 g/mol. The summed E-state index contributed by atoms with van der Waals surface area (Å²) < 4.78 is 0. The second-order valence-corrected chi connectivity index (χ2v) is 6.57. The Bertz CT molecular complexity index is 320. The number of carbonyl (C=O) groups is 2. The Labute approximate surface area is 123 Å². The average Bonchev–Trinajstić information content (AvgIpc) is 2.43. The van der Waals surface area contributed by atoms with Crippen molar-refractivity contribution in [3.63, 3.8) is 0 Å². The smallest absolute Gasteiger partial charge is 0.222 e. The molecule has 1 fully saturated rings. The van der Waals surface area contributed by atoms with Crippen molar-refractivity contribution in [3.05, 3.63) is 0 Å². The lowest BCUT2D eigenvalue weighted by atomic mass is 9.83. The van der Waals surface area contributed by atoms with E-state index in [0.717, 1.165) is 12.8 Å². The zero-order valence-electron chi connectivity index (χ0n) is 13.4. The molecule has 4 heteroatoms. The highest BCUT2D eigenvalue weighted by molar-refractivity contribution is 5.79. The highest BCUT2D eigenvalue weighted by Crippen LogP contribution is 2.26. The van der Waals surface area contributed by atoms with Gasteiger partial charge in [0.1, 0.15) is 0 Å². The molecule has 0 spiro atoms. The minimum absolute atomic E-state index is 0.0113. The Balaban J connectivity index is 2.58. The summed E-state index contributed by atoms with van der Waals surface area (Å²) in [4.78, 5) is 23.7. The number of carbonyl (C=O) groups excluding carboxylic acids is 2. The first kappa shape index (κ1) is 17.0. The lowest BCUT2D eigenvalue weighted by molar-refractivity contribution is -0.127. The molecule has 0 aliphatic heterocycles. The zero-order chi connectivity index (χ0) is 15.1. The van der Waals surface area contributed by atoms with E-state index in [0.29, 0.717) is 12.5 Å². The van der Waals surface area contributed by atoms with Crippen LogP contribution in [0.25, 0.3) is 0 Å². The van der Waals surface area contributed by atoms with E-state index in [1.807, 2.05) is 27.7 Å². The number of hydrogen-bond donors (Lipinski definition) is 2. The number of rotatable bonds is 6. The molecule has 1 saturated carbocycles. The van der Waals surface area contributed by atoms with Crippen molar-refractivity contribution in [2.24, 2.45) is 17.8 Å². The highest BCUT2D eigenvalue weighted by Gasteiger charge is 2.26. The molecule has 1 aliphatic carbocycles. The molecule has 0 bridgehead atoms. The van der Waals surface area contributed by atoms with Crippen molar-refractivity contribution in [2.45, 2.75) is 65.8 Å². The van der Waals surface area contributed by atoms with Gasteiger partial charge in [0, 0.05) is 24.4 Å². The first-order valence-electron chi connectivity index (χ1n) is 8.00. The number of hydrogen-bond acceptors (Lipinski definition) is 2. The molecule has 0 saturated heterocycles. The fourth-order valence-electron chi connectivity index (χ4n) is 2.64. The Morgan fingerprint density at radius 2 is 1.50 bits per heavy atom. The van der Waals surface area contributed by atoms with Crippen molar-refractivity contribution in [2.75, 3.05) is 6.54 Å². The summed E-state index contributed by atoms with van der Waals surface area (Å²) in [6.45, 7) is 8.13. The van der Waals surface area contributed by atoms with E-state index in [-0.39, 0.29) is 29.7 Å². The molecule has 1 atom stereocenters. The van der Waals surface area contributed by atoms with Crippen LogP contribution in [-0.2, 0) is 9.59 Å². The molecular weight excluding hydrogens is 252 g/mol. The maximum atomic E-state index is 12.0. The topological polar surface area (TPSA) is 58.2 Å². The molecule has 4 nitrogen and oxygen atoms in total. The first-order chi connectivity index (χ1) is 9.41. The molecule has 0 aromatic rings. The van der Waals surface area contributed by atoms with Crippen LogP contribution in [0.15, 0.2) is 0 Å². The summed E-state index contributed by atoms with van der Waals surface area (Å²) in [5.74, 6) is 0.618. The Morgan fingerprint density at radius 3 is 2.00 bits per heavy atom. The van der Waals surface area contributed by atoms with Crippen molar-refractivity contribution < 1.29 is 9.59 Å². The highest BCUT2D eigenvalue weighted by atomic mass is 16.2. The van der Waals surface area contributed by atoms with E-state index < -0.39 is 0 Å². The molecule has 2 amide bonds. The normalized spacial score (nSPS) is 18.1. The molecule has 116 valence electrons. The Morgan fingerprint density at radius 1 is 0.950 bits per heavy atom. The predicted octanol–water partition coefficient (Wildman–Crippen LogP) is 2.48. The van der Waals surface area contributed by atoms with Gasteiger partial charge in [-0.1, -0.05) is 47.0 Å². The van der Waals surface area contributed by atoms with Gasteiger partial charge in [0.25, 0.3) is 0 Å². The van der Waals surface area contributed by atoms with Crippen LogP contribution in [-0.4, -0.2) is 24.4 Å². The number of amides is 2. The predicted molar refractivity (Wildman–Crippen MR) is 81.2 cm³/mol. The minimum Gasteiger partial charge on any atom is -0.354 e. The quantitative estimate of drug-likeness (QED) is 0.786. The molecule has 1 rings (SSSR count). The van der Waals surface area contributed by atoms with Crippen LogP contribution >= 0.6 is 0 Å². The third-order valence-corrected chi connectivity index (χ3v) is 4.09. The Kier molecular flexibility index (Phi) is 7.03. The molecule has 0 radical (unpaired) electrons. The van der Waals surface area contributed by atoms with Gasteiger partial charge in [-0.25, -0.2) is 0 Å². The zero-order valence-corrected chi connectivity index (χ0v) is 13.4. The Hall–Kier alpha value is -1.06. The molecule has 0 heterocycles. The van der Waals surface area contributed by atoms with Crippen molar-refractivity contribution in [3.8, 4) is 0 Å². The third-order valence-electron chi connectivity index (χ3n) is 4.09. The summed E-state index contributed by atoms with van der Waals surface area (Å²) in [7, 11) is 0. The molecular formula is C16H30N2O2. The van der Waals surface area contributed by atoms with Crippen LogP contribution in [0.2, 0.25) is 0 Å². The fraction of sp³-hybridized carbons (Fsp3) is 0.875. The summed E-state index contributed by atoms with van der Waals surface area (Å²) in [6.07, 6.45) is 6.06. The van der Waals surface area contributed by atoms with Gasteiger partial charge >= 0.3 is 0 Å². The second kappa shape index (κ2) is 8.28. The van der Waals surface area contributed by atoms with E-state index in [9.17, 15) is 9.59 Å². The van der Waals surface area contributed by atoms with E-state index in [1.165, 1.54) is 19.3 Å². The van der Waals surface area contributed by atoms with Gasteiger partial charge in [-0.05, 0) is 18.8 Å². The maximum absolute atomic E-state index is 12.0. The van der Waals surface area contributed by atoms with Gasteiger partial charge in [-0.15, -0.1) is 0 Å². The number of nitrogens with one attached hydrogen (secondary N) is 2. The fourth-order valence-corrected chi connectivity index (χ4v) is 2.64. The van der Waals surface area contributed by atoms with E-state index >= 15 is 0 Å². The minimum atomic E-state index is -0.0121. The van der Waals surface area contributed by atoms with Gasteiger partial charge in [0.05, 0.1) is 0 Å². The van der Waals surface area contributed by atoms with Crippen LogP contribution in [0.3, 0.4) is 0 Å². The lowest BCUT2D eigenvalue weighted by Crippen LogP contribution is -2.50. The van der Waals surface area contributed by atoms with Gasteiger partial charge in [-0.2, -0.15) is 0 Å². The van der Waals surface area contributed by atoms with Gasteiger partial charge < -0.3 is 10.6 Å². The van der Waals surface area contributed by atoms with Crippen molar-refractivity contribution in [1.29, 1.82) is 0 Å². The molecule has 1 aliphatic rings. The molecule has 2 N–H and O–H groups in total. The molecule has 0 aromatic heterocycles. The van der Waals surface area contributed by atoms with E-state index in [2.05, 4.69) is 10.6 Å². The average molecular weight is 282 g/mol. The molecule has 0 aromatic carbocycles. The van der Waals surface area contributed by atoms with Gasteiger partial charge in [-0.3, -0.25) is 9.59 Å². The van der Waals surface area contributed by atoms with Crippen molar-refractivity contribution >= 4 is 11.8 Å². The van der Waals surface area contributed by atoms with Crippen LogP contribution < -0.4 is 10.6 Å². The third kappa shape index (κ3) is 5.51. The van der Waals surface area contributed by atoms with Crippen LogP contribution in [0.4, 0.5) is 0 Å². The van der Waals surface area contributed by atoms with E-state index in [4.69, 9.17) is 0 Å². The van der Waals surface area contributed by atoms with Crippen molar-refractivity contribution in [1.82, 2.24) is 10.6 Å².